The summed E-state index contributed by atoms with van der Waals surface area (Å²) < 4.78 is 7.49. The van der Waals surface area contributed by atoms with E-state index in [1.807, 2.05) is 28.8 Å². The van der Waals surface area contributed by atoms with Gasteiger partial charge in [-0.2, -0.15) is 0 Å². The summed E-state index contributed by atoms with van der Waals surface area (Å²) in [6.07, 6.45) is 9.81. The van der Waals surface area contributed by atoms with Crippen LogP contribution in [0.15, 0.2) is 52.5 Å². The van der Waals surface area contributed by atoms with Gasteiger partial charge in [-0.25, -0.2) is 0 Å². The number of aromatic nitrogens is 4. The molecule has 152 valence electrons. The minimum atomic E-state index is 0.0479. The summed E-state index contributed by atoms with van der Waals surface area (Å²) in [6.45, 7) is 2.72. The van der Waals surface area contributed by atoms with Gasteiger partial charge in [0.15, 0.2) is 11.0 Å². The summed E-state index contributed by atoms with van der Waals surface area (Å²) in [5, 5.41) is 12.6. The predicted molar refractivity (Wildman–Crippen MR) is 111 cm³/mol. The highest BCUT2D eigenvalue weighted by atomic mass is 32.2. The lowest BCUT2D eigenvalue weighted by atomic mass is 9.86. The lowest BCUT2D eigenvalue weighted by Gasteiger charge is -2.29. The highest BCUT2D eigenvalue weighted by Crippen LogP contribution is 2.26. The molecule has 0 spiro atoms. The number of furan rings is 1. The maximum Gasteiger partial charge on any atom is 0.230 e. The van der Waals surface area contributed by atoms with Crippen LogP contribution in [-0.2, 0) is 11.3 Å². The third-order valence-corrected chi connectivity index (χ3v) is 6.31. The second kappa shape index (κ2) is 9.26. The Hall–Kier alpha value is -2.61. The molecule has 3 heterocycles. The first-order valence-electron chi connectivity index (χ1n) is 9.99. The number of carbonyl (C=O) groups is 1. The Labute approximate surface area is 174 Å². The number of hydrogen-bond donors (Lipinski definition) is 1. The first-order chi connectivity index (χ1) is 14.2. The van der Waals surface area contributed by atoms with Crippen molar-refractivity contribution in [2.45, 2.75) is 50.4 Å². The van der Waals surface area contributed by atoms with Crippen molar-refractivity contribution >= 4 is 17.7 Å². The molecule has 7 nitrogen and oxygen atoms in total. The minimum absolute atomic E-state index is 0.0479. The van der Waals surface area contributed by atoms with Gasteiger partial charge in [-0.3, -0.25) is 14.3 Å². The predicted octanol–water partition coefficient (Wildman–Crippen LogP) is 3.77. The fourth-order valence-electron chi connectivity index (χ4n) is 3.72. The van der Waals surface area contributed by atoms with E-state index < -0.39 is 0 Å². The number of nitrogens with one attached hydrogen (secondary N) is 1. The third kappa shape index (κ3) is 4.87. The summed E-state index contributed by atoms with van der Waals surface area (Å²) >= 11 is 1.40. The Morgan fingerprint density at radius 2 is 2.07 bits per heavy atom. The van der Waals surface area contributed by atoms with E-state index in [1.165, 1.54) is 31.0 Å². The van der Waals surface area contributed by atoms with Gasteiger partial charge in [0.2, 0.25) is 5.91 Å². The van der Waals surface area contributed by atoms with Crippen LogP contribution < -0.4 is 5.32 Å². The molecule has 8 heteroatoms. The lowest BCUT2D eigenvalue weighted by Crippen LogP contribution is -2.41. The summed E-state index contributed by atoms with van der Waals surface area (Å²) in [6, 6.07) is 7.85. The molecule has 1 amide bonds. The number of carbonyl (C=O) groups excluding carboxylic acids is 1. The fraction of sp³-hybridized carbons (Fsp3) is 0.429. The van der Waals surface area contributed by atoms with Crippen molar-refractivity contribution < 1.29 is 9.21 Å². The van der Waals surface area contributed by atoms with Crippen molar-refractivity contribution in [2.75, 3.05) is 5.75 Å². The SMILES string of the molecule is CC1CCCCC1NC(=O)CSc1nnc(-c2ccncc2)n1Cc1ccco1. The van der Waals surface area contributed by atoms with Gasteiger partial charge in [0.05, 0.1) is 18.6 Å². The van der Waals surface area contributed by atoms with Crippen molar-refractivity contribution in [3.8, 4) is 11.4 Å². The highest BCUT2D eigenvalue weighted by molar-refractivity contribution is 7.99. The van der Waals surface area contributed by atoms with Crippen LogP contribution in [-0.4, -0.2) is 37.5 Å². The maximum atomic E-state index is 12.5. The van der Waals surface area contributed by atoms with Crippen LogP contribution in [0.4, 0.5) is 0 Å². The van der Waals surface area contributed by atoms with E-state index in [-0.39, 0.29) is 11.9 Å². The average molecular weight is 412 g/mol. The Morgan fingerprint density at radius 3 is 2.83 bits per heavy atom. The molecular formula is C21H25N5O2S. The Balaban J connectivity index is 1.48. The maximum absolute atomic E-state index is 12.5. The topological polar surface area (TPSA) is 85.8 Å². The van der Waals surface area contributed by atoms with Crippen LogP contribution in [0.25, 0.3) is 11.4 Å². The van der Waals surface area contributed by atoms with Crippen LogP contribution in [0.5, 0.6) is 0 Å². The molecule has 2 unspecified atom stereocenters. The second-order valence-corrected chi connectivity index (χ2v) is 8.37. The van der Waals surface area contributed by atoms with Crippen molar-refractivity contribution in [1.29, 1.82) is 0 Å². The molecule has 0 radical (unpaired) electrons. The summed E-state index contributed by atoms with van der Waals surface area (Å²) in [7, 11) is 0. The minimum Gasteiger partial charge on any atom is -0.467 e. The molecule has 29 heavy (non-hydrogen) atoms. The number of hydrogen-bond acceptors (Lipinski definition) is 6. The van der Waals surface area contributed by atoms with E-state index in [1.54, 1.807) is 18.7 Å². The van der Waals surface area contributed by atoms with E-state index in [0.29, 0.717) is 23.4 Å². The zero-order valence-electron chi connectivity index (χ0n) is 16.5. The van der Waals surface area contributed by atoms with E-state index in [9.17, 15) is 4.79 Å². The summed E-state index contributed by atoms with van der Waals surface area (Å²) in [4.78, 5) is 16.6. The van der Waals surface area contributed by atoms with Crippen LogP contribution in [0.1, 0.15) is 38.4 Å². The van der Waals surface area contributed by atoms with Gasteiger partial charge >= 0.3 is 0 Å². The Kier molecular flexibility index (Phi) is 6.29. The largest absolute Gasteiger partial charge is 0.467 e. The molecule has 0 saturated heterocycles. The van der Waals surface area contributed by atoms with E-state index in [2.05, 4.69) is 27.4 Å². The van der Waals surface area contributed by atoms with Gasteiger partial charge in [0, 0.05) is 24.0 Å². The summed E-state index contributed by atoms with van der Waals surface area (Å²) in [5.41, 5.74) is 0.923. The van der Waals surface area contributed by atoms with Crippen LogP contribution in [0, 0.1) is 5.92 Å². The summed E-state index contributed by atoms with van der Waals surface area (Å²) in [5.74, 6) is 2.44. The van der Waals surface area contributed by atoms with Gasteiger partial charge in [0.25, 0.3) is 0 Å². The van der Waals surface area contributed by atoms with Gasteiger partial charge in [0.1, 0.15) is 5.76 Å². The molecule has 1 N–H and O–H groups in total. The van der Waals surface area contributed by atoms with Crippen molar-refractivity contribution in [1.82, 2.24) is 25.1 Å². The number of nitrogens with zero attached hydrogens (tertiary/aromatic N) is 4. The first kappa shape index (κ1) is 19.7. The standard InChI is InChI=1S/C21H25N5O2S/c1-15-5-2-3-7-18(15)23-19(27)14-29-21-25-24-20(16-8-10-22-11-9-16)26(21)13-17-6-4-12-28-17/h4,6,8-12,15,18H,2-3,5,7,13-14H2,1H3,(H,23,27). The molecule has 1 saturated carbocycles. The molecular weight excluding hydrogens is 386 g/mol. The van der Waals surface area contributed by atoms with Crippen LogP contribution in [0.3, 0.4) is 0 Å². The normalized spacial score (nSPS) is 19.2. The molecule has 1 aliphatic rings. The number of thioether (sulfide) groups is 1. The van der Waals surface area contributed by atoms with Gasteiger partial charge in [-0.05, 0) is 43.0 Å². The Bertz CT molecular complexity index is 926. The molecule has 0 bridgehead atoms. The van der Waals surface area contributed by atoms with E-state index in [4.69, 9.17) is 4.42 Å². The van der Waals surface area contributed by atoms with Crippen molar-refractivity contribution in [3.63, 3.8) is 0 Å². The van der Waals surface area contributed by atoms with Crippen molar-refractivity contribution in [2.24, 2.45) is 5.92 Å². The zero-order valence-corrected chi connectivity index (χ0v) is 17.3. The molecule has 3 aromatic heterocycles. The lowest BCUT2D eigenvalue weighted by molar-refractivity contribution is -0.119. The molecule has 1 aliphatic carbocycles. The van der Waals surface area contributed by atoms with Gasteiger partial charge in [-0.15, -0.1) is 10.2 Å². The third-order valence-electron chi connectivity index (χ3n) is 5.34. The molecule has 0 aliphatic heterocycles. The second-order valence-electron chi connectivity index (χ2n) is 7.43. The molecule has 2 atom stereocenters. The first-order valence-corrected chi connectivity index (χ1v) is 11.0. The molecule has 1 fully saturated rings. The smallest absolute Gasteiger partial charge is 0.230 e. The molecule has 4 rings (SSSR count). The highest BCUT2D eigenvalue weighted by Gasteiger charge is 2.23. The van der Waals surface area contributed by atoms with Crippen LogP contribution in [0.2, 0.25) is 0 Å². The fourth-order valence-corrected chi connectivity index (χ4v) is 4.47. The zero-order chi connectivity index (χ0) is 20.1. The van der Waals surface area contributed by atoms with Crippen LogP contribution >= 0.6 is 11.8 Å². The Morgan fingerprint density at radius 1 is 1.24 bits per heavy atom. The van der Waals surface area contributed by atoms with Crippen molar-refractivity contribution in [3.05, 3.63) is 48.7 Å². The molecule has 0 aromatic carbocycles. The van der Waals surface area contributed by atoms with E-state index in [0.717, 1.165) is 23.6 Å². The number of rotatable bonds is 7. The quantitative estimate of drug-likeness (QED) is 0.596. The monoisotopic (exact) mass is 411 g/mol. The molecule has 3 aromatic rings. The number of amides is 1. The van der Waals surface area contributed by atoms with Gasteiger partial charge < -0.3 is 9.73 Å². The number of pyridine rings is 1. The average Bonchev–Trinajstić information content (AvgIpc) is 3.39. The van der Waals surface area contributed by atoms with E-state index >= 15 is 0 Å². The van der Waals surface area contributed by atoms with Gasteiger partial charge in [-0.1, -0.05) is 31.5 Å².